The molecule has 3 rings (SSSR count). The highest BCUT2D eigenvalue weighted by atomic mass is 79.9. The fourth-order valence-electron chi connectivity index (χ4n) is 2.58. The molecule has 0 aliphatic carbocycles. The van der Waals surface area contributed by atoms with Crippen molar-refractivity contribution in [1.29, 1.82) is 0 Å². The molecule has 1 unspecified atom stereocenters. The van der Waals surface area contributed by atoms with Gasteiger partial charge in [0.1, 0.15) is 11.6 Å². The first-order valence-electron chi connectivity index (χ1n) is 6.53. The number of halogens is 2. The molecular weight excluding hydrogens is 321 g/mol. The van der Waals surface area contributed by atoms with Gasteiger partial charge in [0.05, 0.1) is 12.6 Å². The van der Waals surface area contributed by atoms with Crippen LogP contribution in [0.3, 0.4) is 0 Å². The molecule has 0 amide bonds. The van der Waals surface area contributed by atoms with Crippen LogP contribution in [0, 0.1) is 12.7 Å². The van der Waals surface area contributed by atoms with Crippen molar-refractivity contribution in [2.45, 2.75) is 19.4 Å². The average Bonchev–Trinajstić information content (AvgIpc) is 2.85. The Hall–Kier alpha value is -1.39. The van der Waals surface area contributed by atoms with Crippen LogP contribution in [0.2, 0.25) is 0 Å². The summed E-state index contributed by atoms with van der Waals surface area (Å²) in [5.74, 6) is 0.532. The van der Waals surface area contributed by atoms with Crippen molar-refractivity contribution in [3.8, 4) is 5.75 Å². The topological polar surface area (TPSA) is 35.2 Å². The zero-order chi connectivity index (χ0) is 14.3. The van der Waals surface area contributed by atoms with Crippen molar-refractivity contribution < 1.29 is 9.13 Å². The Morgan fingerprint density at radius 2 is 2.05 bits per heavy atom. The second-order valence-electron chi connectivity index (χ2n) is 5.08. The summed E-state index contributed by atoms with van der Waals surface area (Å²) in [6.45, 7) is 2.51. The minimum atomic E-state index is -0.528. The van der Waals surface area contributed by atoms with E-state index < -0.39 is 6.04 Å². The number of nitrogens with two attached hydrogens (primary N) is 1. The molecule has 1 atom stereocenters. The van der Waals surface area contributed by atoms with Gasteiger partial charge in [0.15, 0.2) is 0 Å². The van der Waals surface area contributed by atoms with E-state index in [1.807, 2.05) is 25.1 Å². The van der Waals surface area contributed by atoms with Crippen LogP contribution in [-0.4, -0.2) is 6.61 Å². The molecule has 2 aromatic rings. The number of benzene rings is 2. The second kappa shape index (κ2) is 5.19. The molecule has 2 N–H and O–H groups in total. The molecule has 0 radical (unpaired) electrons. The minimum absolute atomic E-state index is 0.274. The zero-order valence-electron chi connectivity index (χ0n) is 11.1. The van der Waals surface area contributed by atoms with Gasteiger partial charge in [-0.1, -0.05) is 28.1 Å². The maximum atomic E-state index is 14.1. The molecule has 20 heavy (non-hydrogen) atoms. The van der Waals surface area contributed by atoms with E-state index in [4.69, 9.17) is 10.5 Å². The zero-order valence-corrected chi connectivity index (χ0v) is 12.7. The van der Waals surface area contributed by atoms with Gasteiger partial charge in [-0.25, -0.2) is 4.39 Å². The lowest BCUT2D eigenvalue weighted by atomic mass is 9.95. The Bertz CT molecular complexity index is 672. The molecule has 0 saturated heterocycles. The summed E-state index contributed by atoms with van der Waals surface area (Å²) in [5.41, 5.74) is 9.59. The van der Waals surface area contributed by atoms with Gasteiger partial charge in [-0.15, -0.1) is 0 Å². The van der Waals surface area contributed by atoms with Crippen molar-refractivity contribution in [3.05, 3.63) is 62.9 Å². The molecule has 2 nitrogen and oxygen atoms in total. The van der Waals surface area contributed by atoms with Gasteiger partial charge in [0, 0.05) is 22.0 Å². The monoisotopic (exact) mass is 335 g/mol. The van der Waals surface area contributed by atoms with Crippen LogP contribution in [0.25, 0.3) is 0 Å². The molecule has 0 saturated carbocycles. The fourth-order valence-corrected chi connectivity index (χ4v) is 3.10. The summed E-state index contributed by atoms with van der Waals surface area (Å²) in [6, 6.07) is 8.54. The van der Waals surface area contributed by atoms with Crippen molar-refractivity contribution in [2.24, 2.45) is 5.73 Å². The Morgan fingerprint density at radius 3 is 2.80 bits per heavy atom. The standard InChI is InChI=1S/C16H15BrFNO/c1-9-2-3-12(14(18)6-9)15(19)13-8-11(17)7-10-4-5-20-16(10)13/h2-3,6-8,15H,4-5,19H2,1H3. The summed E-state index contributed by atoms with van der Waals surface area (Å²) in [4.78, 5) is 0. The molecule has 1 aliphatic heterocycles. The van der Waals surface area contributed by atoms with E-state index in [1.165, 1.54) is 6.07 Å². The summed E-state index contributed by atoms with van der Waals surface area (Å²) >= 11 is 3.48. The Labute approximate surface area is 125 Å². The maximum absolute atomic E-state index is 14.1. The summed E-state index contributed by atoms with van der Waals surface area (Å²) in [7, 11) is 0. The highest BCUT2D eigenvalue weighted by Crippen LogP contribution is 2.38. The smallest absolute Gasteiger partial charge is 0.128 e. The van der Waals surface area contributed by atoms with E-state index in [0.29, 0.717) is 12.2 Å². The number of ether oxygens (including phenoxy) is 1. The number of rotatable bonds is 2. The van der Waals surface area contributed by atoms with Gasteiger partial charge in [-0.05, 0) is 36.2 Å². The lowest BCUT2D eigenvalue weighted by Crippen LogP contribution is -2.15. The highest BCUT2D eigenvalue weighted by Gasteiger charge is 2.23. The van der Waals surface area contributed by atoms with E-state index in [1.54, 1.807) is 6.07 Å². The predicted molar refractivity (Wildman–Crippen MR) is 80.5 cm³/mol. The van der Waals surface area contributed by atoms with Crippen molar-refractivity contribution in [3.63, 3.8) is 0 Å². The maximum Gasteiger partial charge on any atom is 0.128 e. The molecule has 0 fully saturated rings. The van der Waals surface area contributed by atoms with E-state index in [-0.39, 0.29) is 5.82 Å². The normalized spacial score (nSPS) is 14.8. The summed E-state index contributed by atoms with van der Waals surface area (Å²) in [6.07, 6.45) is 0.866. The molecule has 0 bridgehead atoms. The SMILES string of the molecule is Cc1ccc(C(N)c2cc(Br)cc3c2OCC3)c(F)c1. The highest BCUT2D eigenvalue weighted by molar-refractivity contribution is 9.10. The molecular formula is C16H15BrFNO. The van der Waals surface area contributed by atoms with E-state index in [2.05, 4.69) is 15.9 Å². The third-order valence-corrected chi connectivity index (χ3v) is 4.06. The van der Waals surface area contributed by atoms with Crippen LogP contribution in [0.5, 0.6) is 5.75 Å². The number of aryl methyl sites for hydroxylation is 1. The van der Waals surface area contributed by atoms with E-state index in [0.717, 1.165) is 33.3 Å². The molecule has 1 heterocycles. The Balaban J connectivity index is 2.09. The number of hydrogen-bond donors (Lipinski definition) is 1. The lowest BCUT2D eigenvalue weighted by molar-refractivity contribution is 0.352. The number of fused-ring (bicyclic) bond motifs is 1. The van der Waals surface area contributed by atoms with Gasteiger partial charge < -0.3 is 10.5 Å². The fraction of sp³-hybridized carbons (Fsp3) is 0.250. The van der Waals surface area contributed by atoms with Crippen molar-refractivity contribution >= 4 is 15.9 Å². The van der Waals surface area contributed by atoms with Gasteiger partial charge in [0.25, 0.3) is 0 Å². The molecule has 1 aliphatic rings. The first-order chi connectivity index (χ1) is 9.56. The van der Waals surface area contributed by atoms with Crippen LogP contribution in [-0.2, 0) is 6.42 Å². The van der Waals surface area contributed by atoms with Crippen molar-refractivity contribution in [2.75, 3.05) is 6.61 Å². The predicted octanol–water partition coefficient (Wildman–Crippen LogP) is 3.88. The summed E-state index contributed by atoms with van der Waals surface area (Å²) < 4.78 is 20.7. The molecule has 0 spiro atoms. The van der Waals surface area contributed by atoms with Gasteiger partial charge >= 0.3 is 0 Å². The van der Waals surface area contributed by atoms with Gasteiger partial charge in [-0.2, -0.15) is 0 Å². The first kappa shape index (κ1) is 13.6. The summed E-state index contributed by atoms with van der Waals surface area (Å²) in [5, 5.41) is 0. The van der Waals surface area contributed by atoms with Crippen LogP contribution >= 0.6 is 15.9 Å². The molecule has 104 valence electrons. The third-order valence-electron chi connectivity index (χ3n) is 3.60. The van der Waals surface area contributed by atoms with Crippen molar-refractivity contribution in [1.82, 2.24) is 0 Å². The van der Waals surface area contributed by atoms with Crippen LogP contribution in [0.4, 0.5) is 4.39 Å². The van der Waals surface area contributed by atoms with E-state index in [9.17, 15) is 4.39 Å². The minimum Gasteiger partial charge on any atom is -0.493 e. The van der Waals surface area contributed by atoms with Gasteiger partial charge in [0.2, 0.25) is 0 Å². The quantitative estimate of drug-likeness (QED) is 0.903. The van der Waals surface area contributed by atoms with Crippen LogP contribution < -0.4 is 10.5 Å². The first-order valence-corrected chi connectivity index (χ1v) is 7.32. The van der Waals surface area contributed by atoms with Crippen LogP contribution in [0.1, 0.15) is 28.3 Å². The number of hydrogen-bond acceptors (Lipinski definition) is 2. The average molecular weight is 336 g/mol. The van der Waals surface area contributed by atoms with Gasteiger partial charge in [-0.3, -0.25) is 0 Å². The molecule has 0 aromatic heterocycles. The lowest BCUT2D eigenvalue weighted by Gasteiger charge is -2.17. The second-order valence-corrected chi connectivity index (χ2v) is 6.00. The van der Waals surface area contributed by atoms with Crippen LogP contribution in [0.15, 0.2) is 34.8 Å². The third kappa shape index (κ3) is 2.34. The Kier molecular flexibility index (Phi) is 3.52. The largest absolute Gasteiger partial charge is 0.493 e. The van der Waals surface area contributed by atoms with E-state index >= 15 is 0 Å². The molecule has 4 heteroatoms. The Morgan fingerprint density at radius 1 is 1.25 bits per heavy atom. The molecule has 2 aromatic carbocycles.